The Morgan fingerprint density at radius 2 is 2.32 bits per heavy atom. The van der Waals surface area contributed by atoms with Gasteiger partial charge in [-0.1, -0.05) is 0 Å². The third kappa shape index (κ3) is 2.71. The monoisotopic (exact) mass is 262 g/mol. The summed E-state index contributed by atoms with van der Waals surface area (Å²) in [6.07, 6.45) is 1.09. The van der Waals surface area contributed by atoms with Gasteiger partial charge >= 0.3 is 0 Å². The molecule has 2 heterocycles. The van der Waals surface area contributed by atoms with E-state index in [0.717, 1.165) is 37.4 Å². The van der Waals surface area contributed by atoms with Gasteiger partial charge in [0.2, 0.25) is 0 Å². The van der Waals surface area contributed by atoms with E-state index in [1.165, 1.54) is 0 Å². The average Bonchev–Trinajstić information content (AvgIpc) is 2.82. The molecule has 1 fully saturated rings. The molecule has 1 aliphatic rings. The molecule has 1 atom stereocenters. The fourth-order valence-electron chi connectivity index (χ4n) is 2.87. The zero-order chi connectivity index (χ0) is 14.0. The predicted octanol–water partition coefficient (Wildman–Crippen LogP) is 0.986. The summed E-state index contributed by atoms with van der Waals surface area (Å²) in [6.45, 7) is 8.73. The van der Waals surface area contributed by atoms with Crippen molar-refractivity contribution in [3.63, 3.8) is 0 Å². The topological polar surface area (TPSA) is 71.2 Å². The van der Waals surface area contributed by atoms with E-state index in [1.54, 1.807) is 0 Å². The second kappa shape index (κ2) is 5.57. The van der Waals surface area contributed by atoms with Gasteiger partial charge in [0.15, 0.2) is 0 Å². The van der Waals surface area contributed by atoms with Crippen molar-refractivity contribution in [2.24, 2.45) is 5.73 Å². The molecule has 1 amide bonds. The maximum Gasteiger partial charge on any atom is 0.252 e. The zero-order valence-corrected chi connectivity index (χ0v) is 11.9. The minimum absolute atomic E-state index is 0.399. The second-order valence-corrected chi connectivity index (χ2v) is 5.04. The van der Waals surface area contributed by atoms with Crippen LogP contribution in [0, 0.1) is 13.8 Å². The molecular weight excluding hydrogens is 240 g/mol. The molecule has 0 radical (unpaired) electrons. The molecule has 104 valence electrons. The number of aryl methyl sites for hydroxylation is 2. The zero-order valence-electron chi connectivity index (χ0n) is 11.9. The first-order chi connectivity index (χ1) is 9.04. The van der Waals surface area contributed by atoms with Gasteiger partial charge in [-0.15, -0.1) is 0 Å². The SMILES string of the molecule is CCN(c1cc(C)nc(C)c1C(N)=O)C1CCNC1. The van der Waals surface area contributed by atoms with Crippen LogP contribution in [0.5, 0.6) is 0 Å². The van der Waals surface area contributed by atoms with Crippen LogP contribution in [-0.4, -0.2) is 36.6 Å². The number of likely N-dealkylation sites (N-methyl/N-ethyl adjacent to an activating group) is 1. The van der Waals surface area contributed by atoms with Gasteiger partial charge in [0.25, 0.3) is 5.91 Å². The van der Waals surface area contributed by atoms with Crippen molar-refractivity contribution in [1.82, 2.24) is 10.3 Å². The summed E-state index contributed by atoms with van der Waals surface area (Å²) in [7, 11) is 0. The molecule has 0 aromatic carbocycles. The van der Waals surface area contributed by atoms with Crippen LogP contribution in [0.2, 0.25) is 0 Å². The van der Waals surface area contributed by atoms with Crippen LogP contribution in [0.1, 0.15) is 35.1 Å². The Kier molecular flexibility index (Phi) is 4.04. The van der Waals surface area contributed by atoms with Crippen LogP contribution in [-0.2, 0) is 0 Å². The third-order valence-electron chi connectivity index (χ3n) is 3.68. The van der Waals surface area contributed by atoms with E-state index in [1.807, 2.05) is 19.9 Å². The van der Waals surface area contributed by atoms with Crippen molar-refractivity contribution in [2.45, 2.75) is 33.2 Å². The second-order valence-electron chi connectivity index (χ2n) is 5.04. The number of carbonyl (C=O) groups excluding carboxylic acids is 1. The number of aromatic nitrogens is 1. The summed E-state index contributed by atoms with van der Waals surface area (Å²) < 4.78 is 0. The maximum absolute atomic E-state index is 11.7. The lowest BCUT2D eigenvalue weighted by molar-refractivity contribution is 0.0999. The molecule has 0 saturated carbocycles. The van der Waals surface area contributed by atoms with Gasteiger partial charge in [0, 0.05) is 24.8 Å². The minimum Gasteiger partial charge on any atom is -0.367 e. The highest BCUT2D eigenvalue weighted by Crippen LogP contribution is 2.27. The van der Waals surface area contributed by atoms with Crippen LogP contribution >= 0.6 is 0 Å². The number of hydrogen-bond donors (Lipinski definition) is 2. The van der Waals surface area contributed by atoms with Crippen LogP contribution in [0.3, 0.4) is 0 Å². The van der Waals surface area contributed by atoms with Gasteiger partial charge in [0.1, 0.15) is 0 Å². The van der Waals surface area contributed by atoms with Crippen molar-refractivity contribution in [2.75, 3.05) is 24.5 Å². The van der Waals surface area contributed by atoms with Crippen LogP contribution in [0.15, 0.2) is 6.07 Å². The number of anilines is 1. The average molecular weight is 262 g/mol. The van der Waals surface area contributed by atoms with Gasteiger partial charge < -0.3 is 16.0 Å². The quantitative estimate of drug-likeness (QED) is 0.848. The van der Waals surface area contributed by atoms with Crippen molar-refractivity contribution < 1.29 is 4.79 Å². The Morgan fingerprint density at radius 3 is 2.84 bits per heavy atom. The maximum atomic E-state index is 11.7. The standard InChI is InChI=1S/C14H22N4O/c1-4-18(11-5-6-16-8-11)12-7-9(2)17-10(3)13(12)14(15)19/h7,11,16H,4-6,8H2,1-3H3,(H2,15,19). The van der Waals surface area contributed by atoms with Gasteiger partial charge in [-0.25, -0.2) is 0 Å². The molecular formula is C14H22N4O. The summed E-state index contributed by atoms with van der Waals surface area (Å²) >= 11 is 0. The normalized spacial score (nSPS) is 18.6. The van der Waals surface area contributed by atoms with E-state index >= 15 is 0 Å². The van der Waals surface area contributed by atoms with Gasteiger partial charge in [-0.3, -0.25) is 9.78 Å². The first-order valence-electron chi connectivity index (χ1n) is 6.80. The number of nitrogens with zero attached hydrogens (tertiary/aromatic N) is 2. The van der Waals surface area contributed by atoms with Gasteiger partial charge in [-0.2, -0.15) is 0 Å². The van der Waals surface area contributed by atoms with E-state index in [0.29, 0.717) is 17.3 Å². The number of carbonyl (C=O) groups is 1. The van der Waals surface area contributed by atoms with Crippen molar-refractivity contribution in [3.05, 3.63) is 23.0 Å². The number of nitrogens with two attached hydrogens (primary N) is 1. The number of rotatable bonds is 4. The largest absolute Gasteiger partial charge is 0.367 e. The lowest BCUT2D eigenvalue weighted by atomic mass is 10.1. The van der Waals surface area contributed by atoms with Crippen molar-refractivity contribution in [1.29, 1.82) is 0 Å². The van der Waals surface area contributed by atoms with E-state index in [-0.39, 0.29) is 0 Å². The Bertz CT molecular complexity index is 481. The first-order valence-corrected chi connectivity index (χ1v) is 6.80. The van der Waals surface area contributed by atoms with Crippen molar-refractivity contribution >= 4 is 11.6 Å². The molecule has 1 saturated heterocycles. The number of primary amides is 1. The van der Waals surface area contributed by atoms with Gasteiger partial charge in [0.05, 0.1) is 16.9 Å². The number of amides is 1. The Balaban J connectivity index is 2.48. The molecule has 3 N–H and O–H groups in total. The highest BCUT2D eigenvalue weighted by molar-refractivity contribution is 5.99. The van der Waals surface area contributed by atoms with E-state index < -0.39 is 5.91 Å². The molecule has 19 heavy (non-hydrogen) atoms. The molecule has 5 nitrogen and oxygen atoms in total. The minimum atomic E-state index is -0.399. The number of nitrogens with one attached hydrogen (secondary N) is 1. The summed E-state index contributed by atoms with van der Waals surface area (Å²) in [5, 5.41) is 3.36. The molecule has 0 bridgehead atoms. The highest BCUT2D eigenvalue weighted by Gasteiger charge is 2.25. The summed E-state index contributed by atoms with van der Waals surface area (Å²) in [5.41, 5.74) is 8.65. The van der Waals surface area contributed by atoms with Gasteiger partial charge in [-0.05, 0) is 39.8 Å². The molecule has 2 rings (SSSR count). The summed E-state index contributed by atoms with van der Waals surface area (Å²) in [6, 6.07) is 2.39. The first kappa shape index (κ1) is 13.8. The Morgan fingerprint density at radius 1 is 1.58 bits per heavy atom. The molecule has 5 heteroatoms. The van der Waals surface area contributed by atoms with Crippen molar-refractivity contribution in [3.8, 4) is 0 Å². The lowest BCUT2D eigenvalue weighted by Gasteiger charge is -2.31. The fourth-order valence-corrected chi connectivity index (χ4v) is 2.87. The smallest absolute Gasteiger partial charge is 0.252 e. The molecule has 1 aliphatic heterocycles. The van der Waals surface area contributed by atoms with E-state index in [2.05, 4.69) is 22.1 Å². The molecule has 0 aliphatic carbocycles. The number of hydrogen-bond acceptors (Lipinski definition) is 4. The fraction of sp³-hybridized carbons (Fsp3) is 0.571. The molecule has 0 spiro atoms. The highest BCUT2D eigenvalue weighted by atomic mass is 16.1. The van der Waals surface area contributed by atoms with E-state index in [4.69, 9.17) is 5.73 Å². The predicted molar refractivity (Wildman–Crippen MR) is 76.5 cm³/mol. The van der Waals surface area contributed by atoms with Crippen LogP contribution < -0.4 is 16.0 Å². The summed E-state index contributed by atoms with van der Waals surface area (Å²) in [5.74, 6) is -0.399. The third-order valence-corrected chi connectivity index (χ3v) is 3.68. The summed E-state index contributed by atoms with van der Waals surface area (Å²) in [4.78, 5) is 18.4. The molecule has 1 aromatic rings. The Hall–Kier alpha value is -1.62. The van der Waals surface area contributed by atoms with Crippen LogP contribution in [0.25, 0.3) is 0 Å². The Labute approximate surface area is 114 Å². The number of pyridine rings is 1. The van der Waals surface area contributed by atoms with Crippen LogP contribution in [0.4, 0.5) is 5.69 Å². The molecule has 1 aromatic heterocycles. The van der Waals surface area contributed by atoms with E-state index in [9.17, 15) is 4.79 Å². The lowest BCUT2D eigenvalue weighted by Crippen LogP contribution is -2.38. The molecule has 1 unspecified atom stereocenters.